The van der Waals surface area contributed by atoms with Gasteiger partial charge in [0.2, 0.25) is 15.9 Å². The van der Waals surface area contributed by atoms with Crippen LogP contribution in [0.4, 0.5) is 13.2 Å². The minimum atomic E-state index is -4.77. The van der Waals surface area contributed by atoms with Gasteiger partial charge in [0.25, 0.3) is 0 Å². The summed E-state index contributed by atoms with van der Waals surface area (Å²) in [4.78, 5) is 12.9. The lowest BCUT2D eigenvalue weighted by molar-refractivity contribution is -0.192. The number of amides is 1. The smallest absolute Gasteiger partial charge is 0.368 e. The molecule has 0 aliphatic rings. The first-order valence-electron chi connectivity index (χ1n) is 10.4. The fraction of sp³-hybridized carbons (Fsp3) is 0.391. The van der Waals surface area contributed by atoms with E-state index in [0.29, 0.717) is 11.1 Å². The van der Waals surface area contributed by atoms with E-state index in [1.165, 1.54) is 43.4 Å². The number of halogens is 3. The highest BCUT2D eigenvalue weighted by Gasteiger charge is 2.47. The summed E-state index contributed by atoms with van der Waals surface area (Å²) in [7, 11) is -2.32. The van der Waals surface area contributed by atoms with Gasteiger partial charge in [-0.2, -0.15) is 18.4 Å². The van der Waals surface area contributed by atoms with E-state index in [1.807, 2.05) is 0 Å². The summed E-state index contributed by atoms with van der Waals surface area (Å²) in [6.07, 6.45) is -4.70. The van der Waals surface area contributed by atoms with Crippen LogP contribution < -0.4 is 10.5 Å². The lowest BCUT2D eigenvalue weighted by Gasteiger charge is -2.37. The quantitative estimate of drug-likeness (QED) is 0.488. The lowest BCUT2D eigenvalue weighted by Crippen LogP contribution is -2.51. The number of nitrogens with zero attached hydrogens (tertiary/aromatic N) is 2. The van der Waals surface area contributed by atoms with Crippen LogP contribution in [0.15, 0.2) is 53.4 Å². The Balaban J connectivity index is 2.46. The van der Waals surface area contributed by atoms with Gasteiger partial charge in [-0.05, 0) is 48.2 Å². The molecule has 0 aliphatic heterocycles. The van der Waals surface area contributed by atoms with Crippen LogP contribution in [0.3, 0.4) is 0 Å². The molecule has 0 heterocycles. The second-order valence-corrected chi connectivity index (χ2v) is 10.1. The topological polar surface area (TPSA) is 116 Å². The zero-order valence-electron chi connectivity index (χ0n) is 19.0. The maximum atomic E-state index is 14.2. The standard InChI is InChI=1S/C23H27F3N4O3S/c1-15(2)14-20(22(28)31)30(13-12-27)21(23(24,25)26)18-6-4-16(5-7-18)17-8-10-19(11-9-17)34(32,33)29-3/h4-11,15,20-21,29H,13-14H2,1-3H3,(H2,28,31)/t20-,21?/m1/s1. The molecular formula is C23H27F3N4O3S. The molecule has 2 rings (SSSR count). The Labute approximate surface area is 197 Å². The Morgan fingerprint density at radius 3 is 1.97 bits per heavy atom. The van der Waals surface area contributed by atoms with Crippen molar-refractivity contribution < 1.29 is 26.4 Å². The van der Waals surface area contributed by atoms with Crippen molar-refractivity contribution in [2.24, 2.45) is 11.7 Å². The van der Waals surface area contributed by atoms with E-state index in [-0.39, 0.29) is 22.8 Å². The van der Waals surface area contributed by atoms with Gasteiger partial charge in [0, 0.05) is 0 Å². The molecule has 3 N–H and O–H groups in total. The number of nitrogens with two attached hydrogens (primary N) is 1. The van der Waals surface area contributed by atoms with Crippen LogP contribution in [0.25, 0.3) is 11.1 Å². The summed E-state index contributed by atoms with van der Waals surface area (Å²) >= 11 is 0. The molecule has 0 aromatic heterocycles. The monoisotopic (exact) mass is 496 g/mol. The maximum absolute atomic E-state index is 14.2. The third-order valence-corrected chi connectivity index (χ3v) is 6.74. The molecule has 0 bridgehead atoms. The van der Waals surface area contributed by atoms with Gasteiger partial charge in [0.05, 0.1) is 23.6 Å². The molecule has 7 nitrogen and oxygen atoms in total. The Morgan fingerprint density at radius 2 is 1.59 bits per heavy atom. The molecule has 2 aromatic rings. The largest absolute Gasteiger partial charge is 0.408 e. The summed E-state index contributed by atoms with van der Waals surface area (Å²) in [5.74, 6) is -1.05. The molecule has 1 amide bonds. The van der Waals surface area contributed by atoms with E-state index in [4.69, 9.17) is 5.73 Å². The van der Waals surface area contributed by atoms with Crippen LogP contribution in [-0.2, 0) is 14.8 Å². The summed E-state index contributed by atoms with van der Waals surface area (Å²) < 4.78 is 68.5. The zero-order valence-corrected chi connectivity index (χ0v) is 19.8. The predicted molar refractivity (Wildman–Crippen MR) is 122 cm³/mol. The number of rotatable bonds is 10. The first-order chi connectivity index (χ1) is 15.8. The van der Waals surface area contributed by atoms with Crippen molar-refractivity contribution >= 4 is 15.9 Å². The van der Waals surface area contributed by atoms with Gasteiger partial charge < -0.3 is 5.73 Å². The third kappa shape index (κ3) is 6.56. The van der Waals surface area contributed by atoms with E-state index in [0.717, 1.165) is 4.90 Å². The number of benzene rings is 2. The van der Waals surface area contributed by atoms with Gasteiger partial charge >= 0.3 is 6.18 Å². The minimum absolute atomic E-state index is 0.0577. The Kier molecular flexibility index (Phi) is 8.83. The molecule has 2 aromatic carbocycles. The molecule has 0 fully saturated rings. The fourth-order valence-corrected chi connectivity index (χ4v) is 4.43. The molecule has 0 aliphatic carbocycles. The Hall–Kier alpha value is -2.94. The molecule has 11 heteroatoms. The van der Waals surface area contributed by atoms with Gasteiger partial charge in [-0.3, -0.25) is 9.69 Å². The van der Waals surface area contributed by atoms with Crippen molar-refractivity contribution in [1.82, 2.24) is 9.62 Å². The van der Waals surface area contributed by atoms with Crippen LogP contribution in [0.1, 0.15) is 31.9 Å². The van der Waals surface area contributed by atoms with Crippen LogP contribution >= 0.6 is 0 Å². The summed E-state index contributed by atoms with van der Waals surface area (Å²) in [5.41, 5.74) is 6.45. The average molecular weight is 497 g/mol. The second-order valence-electron chi connectivity index (χ2n) is 8.18. The fourth-order valence-electron chi connectivity index (χ4n) is 3.70. The normalized spacial score (nSPS) is 14.1. The van der Waals surface area contributed by atoms with Crippen molar-refractivity contribution in [3.8, 4) is 17.2 Å². The van der Waals surface area contributed by atoms with Gasteiger partial charge in [-0.1, -0.05) is 50.2 Å². The third-order valence-electron chi connectivity index (χ3n) is 5.31. The first-order valence-corrected chi connectivity index (χ1v) is 11.9. The van der Waals surface area contributed by atoms with Crippen LogP contribution in [0.2, 0.25) is 0 Å². The molecular weight excluding hydrogens is 469 g/mol. The van der Waals surface area contributed by atoms with E-state index in [1.54, 1.807) is 32.0 Å². The van der Waals surface area contributed by atoms with Gasteiger partial charge in [0.15, 0.2) is 0 Å². The predicted octanol–water partition coefficient (Wildman–Crippen LogP) is 3.59. The SMILES string of the molecule is CNS(=O)(=O)c1ccc(-c2ccc(C(N(CC#N)[C@H](CC(C)C)C(N)=O)C(F)(F)F)cc2)cc1. The highest BCUT2D eigenvalue weighted by molar-refractivity contribution is 7.89. The number of hydrogen-bond acceptors (Lipinski definition) is 5. The van der Waals surface area contributed by atoms with Crippen molar-refractivity contribution in [3.63, 3.8) is 0 Å². The molecule has 0 radical (unpaired) electrons. The van der Waals surface area contributed by atoms with E-state index < -0.39 is 40.7 Å². The van der Waals surface area contributed by atoms with Crippen molar-refractivity contribution in [2.75, 3.05) is 13.6 Å². The molecule has 0 saturated carbocycles. The number of primary amides is 1. The second kappa shape index (κ2) is 11.0. The van der Waals surface area contributed by atoms with Crippen molar-refractivity contribution in [3.05, 3.63) is 54.1 Å². The van der Waals surface area contributed by atoms with Crippen molar-refractivity contribution in [1.29, 1.82) is 5.26 Å². The first kappa shape index (κ1) is 27.3. The van der Waals surface area contributed by atoms with Crippen molar-refractivity contribution in [2.45, 2.75) is 43.4 Å². The minimum Gasteiger partial charge on any atom is -0.368 e. The molecule has 0 spiro atoms. The van der Waals surface area contributed by atoms with Gasteiger partial charge in [-0.25, -0.2) is 13.1 Å². The zero-order chi connectivity index (χ0) is 25.7. The van der Waals surface area contributed by atoms with Crippen LogP contribution in [0.5, 0.6) is 0 Å². The number of alkyl halides is 3. The summed E-state index contributed by atoms with van der Waals surface area (Å²) in [6, 6.07) is 9.64. The number of hydrogen-bond donors (Lipinski definition) is 2. The van der Waals surface area contributed by atoms with Crippen LogP contribution in [0, 0.1) is 17.2 Å². The summed E-state index contributed by atoms with van der Waals surface area (Å²) in [6.45, 7) is 2.88. The number of sulfonamides is 1. The van der Waals surface area contributed by atoms with Crippen LogP contribution in [-0.4, -0.2) is 45.0 Å². The highest BCUT2D eigenvalue weighted by Crippen LogP contribution is 2.40. The molecule has 2 atom stereocenters. The number of nitrogens with one attached hydrogen (secondary N) is 1. The Morgan fingerprint density at radius 1 is 1.09 bits per heavy atom. The Bertz CT molecular complexity index is 1130. The van der Waals surface area contributed by atoms with Gasteiger partial charge in [-0.15, -0.1) is 0 Å². The molecule has 1 unspecified atom stereocenters. The summed E-state index contributed by atoms with van der Waals surface area (Å²) in [5, 5.41) is 9.19. The van der Waals surface area contributed by atoms with E-state index in [9.17, 15) is 31.6 Å². The van der Waals surface area contributed by atoms with Gasteiger partial charge in [0.1, 0.15) is 6.04 Å². The molecule has 0 saturated heterocycles. The van der Waals surface area contributed by atoms with E-state index >= 15 is 0 Å². The maximum Gasteiger partial charge on any atom is 0.408 e. The average Bonchev–Trinajstić information content (AvgIpc) is 2.76. The van der Waals surface area contributed by atoms with E-state index in [2.05, 4.69) is 4.72 Å². The molecule has 34 heavy (non-hydrogen) atoms. The number of carbonyl (C=O) groups excluding carboxylic acids is 1. The lowest BCUT2D eigenvalue weighted by atomic mass is 9.95. The molecule has 184 valence electrons. The highest BCUT2D eigenvalue weighted by atomic mass is 32.2. The number of carbonyl (C=O) groups is 1. The number of nitriles is 1.